The highest BCUT2D eigenvalue weighted by Gasteiger charge is 2.19. The summed E-state index contributed by atoms with van der Waals surface area (Å²) in [6.07, 6.45) is 3.34. The number of carbonyl (C=O) groups is 1. The van der Waals surface area contributed by atoms with Crippen LogP contribution in [0, 0.1) is 0 Å². The van der Waals surface area contributed by atoms with Gasteiger partial charge < -0.3 is 4.74 Å². The van der Waals surface area contributed by atoms with Gasteiger partial charge >= 0.3 is 5.97 Å². The molecule has 1 aliphatic carbocycles. The van der Waals surface area contributed by atoms with Crippen molar-refractivity contribution in [2.75, 3.05) is 7.11 Å². The van der Waals surface area contributed by atoms with Gasteiger partial charge in [-0.2, -0.15) is 0 Å². The number of ether oxygens (including phenoxy) is 1. The summed E-state index contributed by atoms with van der Waals surface area (Å²) in [7, 11) is -2.19. The van der Waals surface area contributed by atoms with Crippen LogP contribution in [0.4, 0.5) is 0 Å². The van der Waals surface area contributed by atoms with E-state index in [-0.39, 0.29) is 11.8 Å². The topological polar surface area (TPSA) is 72.5 Å². The van der Waals surface area contributed by atoms with E-state index in [0.29, 0.717) is 11.1 Å². The maximum Gasteiger partial charge on any atom is 0.337 e. The molecule has 1 N–H and O–H groups in total. The van der Waals surface area contributed by atoms with Gasteiger partial charge in [-0.25, -0.2) is 17.9 Å². The fourth-order valence-electron chi connectivity index (χ4n) is 3.31. The number of nitrogens with one attached hydrogen (secondary N) is 1. The van der Waals surface area contributed by atoms with Crippen LogP contribution in [0.1, 0.15) is 52.0 Å². The third-order valence-corrected chi connectivity index (χ3v) is 6.14. The van der Waals surface area contributed by atoms with Crippen LogP contribution in [0.3, 0.4) is 0 Å². The number of esters is 1. The molecule has 0 amide bonds. The van der Waals surface area contributed by atoms with Crippen LogP contribution in [-0.4, -0.2) is 21.5 Å². The quantitative estimate of drug-likeness (QED) is 0.790. The minimum atomic E-state index is -3.50. The zero-order valence-corrected chi connectivity index (χ0v) is 15.8. The van der Waals surface area contributed by atoms with Crippen molar-refractivity contribution in [1.29, 1.82) is 0 Å². The maximum absolute atomic E-state index is 12.5. The molecule has 26 heavy (non-hydrogen) atoms. The molecule has 2 aromatic carbocycles. The third kappa shape index (κ3) is 4.31. The molecule has 0 radical (unpaired) electrons. The van der Waals surface area contributed by atoms with Gasteiger partial charge in [0.25, 0.3) is 0 Å². The fraction of sp³-hybridized carbons (Fsp3) is 0.350. The molecular weight excluding hydrogens is 350 g/mol. The zero-order chi connectivity index (χ0) is 18.7. The van der Waals surface area contributed by atoms with Crippen molar-refractivity contribution in [2.24, 2.45) is 0 Å². The van der Waals surface area contributed by atoms with Gasteiger partial charge in [0.1, 0.15) is 0 Å². The summed E-state index contributed by atoms with van der Waals surface area (Å²) < 4.78 is 32.4. The molecule has 6 heteroatoms. The Morgan fingerprint density at radius 3 is 2.50 bits per heavy atom. The molecule has 0 heterocycles. The minimum absolute atomic E-state index is 0.135. The Balaban J connectivity index is 1.67. The maximum atomic E-state index is 12.5. The summed E-state index contributed by atoms with van der Waals surface area (Å²) in [6, 6.07) is 12.3. The van der Waals surface area contributed by atoms with Gasteiger partial charge in [-0.05, 0) is 60.6 Å². The molecular formula is C20H23NO4S. The van der Waals surface area contributed by atoms with Gasteiger partial charge in [-0.15, -0.1) is 0 Å². The summed E-state index contributed by atoms with van der Waals surface area (Å²) in [4.78, 5) is 11.4. The molecule has 5 nitrogen and oxygen atoms in total. The van der Waals surface area contributed by atoms with E-state index < -0.39 is 16.0 Å². The molecule has 0 saturated heterocycles. The van der Waals surface area contributed by atoms with E-state index in [1.54, 1.807) is 24.3 Å². The lowest BCUT2D eigenvalue weighted by Crippen LogP contribution is -2.28. The second-order valence-corrected chi connectivity index (χ2v) is 8.42. The van der Waals surface area contributed by atoms with Crippen LogP contribution in [0.25, 0.3) is 0 Å². The summed E-state index contributed by atoms with van der Waals surface area (Å²) in [5.41, 5.74) is 4.69. The molecule has 1 aliphatic rings. The van der Waals surface area contributed by atoms with Gasteiger partial charge in [0.05, 0.1) is 18.4 Å². The number of rotatable bonds is 6. The highest BCUT2D eigenvalue weighted by atomic mass is 32.2. The minimum Gasteiger partial charge on any atom is -0.465 e. The number of hydrogen-bond acceptors (Lipinski definition) is 4. The highest BCUT2D eigenvalue weighted by molar-refractivity contribution is 7.88. The lowest BCUT2D eigenvalue weighted by molar-refractivity contribution is 0.0600. The molecule has 0 bridgehead atoms. The second-order valence-electron chi connectivity index (χ2n) is 6.67. The second kappa shape index (κ2) is 7.60. The average Bonchev–Trinajstić information content (AvgIpc) is 3.08. The standard InChI is InChI=1S/C20H23NO4S/c1-14(18-11-10-16-4-3-5-19(16)12-18)21-26(23,24)13-15-6-8-17(9-7-15)20(22)25-2/h6-12,14,21H,3-5,13H2,1-2H3. The molecule has 2 aromatic rings. The first kappa shape index (κ1) is 18.6. The molecule has 0 aliphatic heterocycles. The van der Waals surface area contributed by atoms with Gasteiger partial charge in [0.15, 0.2) is 0 Å². The first-order valence-corrected chi connectivity index (χ1v) is 10.3. The normalized spacial score (nSPS) is 14.7. The summed E-state index contributed by atoms with van der Waals surface area (Å²) in [5.74, 6) is -0.577. The van der Waals surface area contributed by atoms with E-state index in [9.17, 15) is 13.2 Å². The van der Waals surface area contributed by atoms with Crippen molar-refractivity contribution in [3.8, 4) is 0 Å². The molecule has 0 saturated carbocycles. The van der Waals surface area contributed by atoms with Gasteiger partial charge in [-0.3, -0.25) is 0 Å². The Bertz CT molecular complexity index is 904. The SMILES string of the molecule is COC(=O)c1ccc(CS(=O)(=O)NC(C)c2ccc3c(c2)CCC3)cc1. The van der Waals surface area contributed by atoms with Crippen LogP contribution in [0.2, 0.25) is 0 Å². The summed E-state index contributed by atoms with van der Waals surface area (Å²) in [5, 5.41) is 0. The number of sulfonamides is 1. The lowest BCUT2D eigenvalue weighted by Gasteiger charge is -2.16. The van der Waals surface area contributed by atoms with Crippen LogP contribution in [-0.2, 0) is 33.4 Å². The van der Waals surface area contributed by atoms with Crippen molar-refractivity contribution in [1.82, 2.24) is 4.72 Å². The van der Waals surface area contributed by atoms with E-state index in [1.807, 2.05) is 13.0 Å². The first-order chi connectivity index (χ1) is 12.4. The van der Waals surface area contributed by atoms with Crippen molar-refractivity contribution in [2.45, 2.75) is 38.0 Å². The number of methoxy groups -OCH3 is 1. The Morgan fingerprint density at radius 1 is 1.12 bits per heavy atom. The number of carbonyl (C=O) groups excluding carboxylic acids is 1. The highest BCUT2D eigenvalue weighted by Crippen LogP contribution is 2.25. The van der Waals surface area contributed by atoms with Crippen molar-refractivity contribution in [3.63, 3.8) is 0 Å². The van der Waals surface area contributed by atoms with E-state index >= 15 is 0 Å². The number of benzene rings is 2. The van der Waals surface area contributed by atoms with Crippen molar-refractivity contribution >= 4 is 16.0 Å². The molecule has 1 unspecified atom stereocenters. The van der Waals surface area contributed by atoms with Crippen LogP contribution >= 0.6 is 0 Å². The van der Waals surface area contributed by atoms with Gasteiger partial charge in [0, 0.05) is 6.04 Å². The number of hydrogen-bond donors (Lipinski definition) is 1. The van der Waals surface area contributed by atoms with Gasteiger partial charge in [-0.1, -0.05) is 30.3 Å². The van der Waals surface area contributed by atoms with E-state index in [4.69, 9.17) is 0 Å². The molecule has 1 atom stereocenters. The fourth-order valence-corrected chi connectivity index (χ4v) is 4.70. The zero-order valence-electron chi connectivity index (χ0n) is 15.0. The van der Waals surface area contributed by atoms with E-state index in [0.717, 1.165) is 18.4 Å². The predicted octanol–water partition coefficient (Wildman–Crippen LogP) is 3.14. The van der Waals surface area contributed by atoms with Crippen LogP contribution < -0.4 is 4.72 Å². The molecule has 138 valence electrons. The Kier molecular flexibility index (Phi) is 5.44. The Labute approximate surface area is 154 Å². The lowest BCUT2D eigenvalue weighted by atomic mass is 10.0. The summed E-state index contributed by atoms with van der Waals surface area (Å²) in [6.45, 7) is 1.86. The van der Waals surface area contributed by atoms with E-state index in [1.165, 1.54) is 24.7 Å². The smallest absolute Gasteiger partial charge is 0.337 e. The molecule has 0 aromatic heterocycles. The molecule has 0 fully saturated rings. The van der Waals surface area contributed by atoms with E-state index in [2.05, 4.69) is 21.6 Å². The molecule has 0 spiro atoms. The predicted molar refractivity (Wildman–Crippen MR) is 100 cm³/mol. The largest absolute Gasteiger partial charge is 0.465 e. The summed E-state index contributed by atoms with van der Waals surface area (Å²) >= 11 is 0. The first-order valence-electron chi connectivity index (χ1n) is 8.67. The van der Waals surface area contributed by atoms with Crippen molar-refractivity contribution in [3.05, 3.63) is 70.3 Å². The Hall–Kier alpha value is -2.18. The Morgan fingerprint density at radius 2 is 1.81 bits per heavy atom. The van der Waals surface area contributed by atoms with Crippen LogP contribution in [0.5, 0.6) is 0 Å². The van der Waals surface area contributed by atoms with Crippen molar-refractivity contribution < 1.29 is 17.9 Å². The van der Waals surface area contributed by atoms with Crippen LogP contribution in [0.15, 0.2) is 42.5 Å². The number of fused-ring (bicyclic) bond motifs is 1. The molecule has 3 rings (SSSR count). The monoisotopic (exact) mass is 373 g/mol. The average molecular weight is 373 g/mol. The third-order valence-electron chi connectivity index (χ3n) is 4.71. The number of aryl methyl sites for hydroxylation is 2. The van der Waals surface area contributed by atoms with Gasteiger partial charge in [0.2, 0.25) is 10.0 Å².